The number of anilines is 1. The van der Waals surface area contributed by atoms with E-state index >= 15 is 0 Å². The Balaban J connectivity index is 2.44. The van der Waals surface area contributed by atoms with Gasteiger partial charge in [0.25, 0.3) is 10.0 Å². The van der Waals surface area contributed by atoms with Crippen LogP contribution < -0.4 is 4.31 Å². The van der Waals surface area contributed by atoms with E-state index in [0.29, 0.717) is 11.6 Å². The molecule has 0 unspecified atom stereocenters. The molecule has 23 heavy (non-hydrogen) atoms. The summed E-state index contributed by atoms with van der Waals surface area (Å²) in [5.41, 5.74) is 1.81. The predicted molar refractivity (Wildman–Crippen MR) is 99.4 cm³/mol. The Labute approximate surface area is 146 Å². The fourth-order valence-corrected chi connectivity index (χ4v) is 3.92. The second-order valence-electron chi connectivity index (χ2n) is 5.52. The van der Waals surface area contributed by atoms with E-state index in [1.807, 2.05) is 24.3 Å². The summed E-state index contributed by atoms with van der Waals surface area (Å²) in [5.74, 6) is 0.403. The summed E-state index contributed by atoms with van der Waals surface area (Å²) in [6.07, 6.45) is 1.59. The zero-order valence-electron chi connectivity index (χ0n) is 13.2. The molecule has 3 nitrogen and oxygen atoms in total. The van der Waals surface area contributed by atoms with Crippen LogP contribution in [0, 0.1) is 0 Å². The molecule has 0 aromatic heterocycles. The molecular weight excluding hydrogens is 374 g/mol. The number of nitrogens with zero attached hydrogens (tertiary/aromatic N) is 1. The van der Waals surface area contributed by atoms with Crippen molar-refractivity contribution in [1.29, 1.82) is 0 Å². The third kappa shape index (κ3) is 4.03. The van der Waals surface area contributed by atoms with Crippen LogP contribution in [0.1, 0.15) is 25.3 Å². The van der Waals surface area contributed by atoms with E-state index in [1.165, 1.54) is 9.87 Å². The summed E-state index contributed by atoms with van der Waals surface area (Å²) in [4.78, 5) is 0.260. The third-order valence-electron chi connectivity index (χ3n) is 3.54. The lowest BCUT2D eigenvalue weighted by Crippen LogP contribution is -2.31. The zero-order chi connectivity index (χ0) is 17.0. The number of hydrogen-bond donors (Lipinski definition) is 0. The lowest BCUT2D eigenvalue weighted by molar-refractivity contribution is 0.593. The fraction of sp³-hybridized carbons (Fsp3) is 0.222. The van der Waals surface area contributed by atoms with E-state index in [9.17, 15) is 8.42 Å². The summed E-state index contributed by atoms with van der Waals surface area (Å²) in [6, 6.07) is 14.3. The van der Waals surface area contributed by atoms with Crippen molar-refractivity contribution in [3.8, 4) is 0 Å². The van der Waals surface area contributed by atoms with Gasteiger partial charge >= 0.3 is 0 Å². The van der Waals surface area contributed by atoms with Crippen LogP contribution in [0.4, 0.5) is 5.69 Å². The normalized spacial score (nSPS) is 11.5. The van der Waals surface area contributed by atoms with Gasteiger partial charge in [0.2, 0.25) is 0 Å². The van der Waals surface area contributed by atoms with Crippen LogP contribution in [0.15, 0.2) is 70.6 Å². The van der Waals surface area contributed by atoms with Crippen LogP contribution in [-0.2, 0) is 10.0 Å². The van der Waals surface area contributed by atoms with Crippen molar-refractivity contribution >= 4 is 31.6 Å². The Morgan fingerprint density at radius 3 is 2.13 bits per heavy atom. The molecule has 0 N–H and O–H groups in total. The highest BCUT2D eigenvalue weighted by molar-refractivity contribution is 9.10. The van der Waals surface area contributed by atoms with Gasteiger partial charge in [0.1, 0.15) is 0 Å². The maximum absolute atomic E-state index is 12.9. The molecule has 0 aliphatic rings. The number of hydrogen-bond acceptors (Lipinski definition) is 2. The van der Waals surface area contributed by atoms with Crippen molar-refractivity contribution in [2.75, 3.05) is 10.8 Å². The van der Waals surface area contributed by atoms with Crippen LogP contribution in [-0.4, -0.2) is 15.0 Å². The molecule has 2 rings (SSSR count). The summed E-state index contributed by atoms with van der Waals surface area (Å²) in [6.45, 7) is 8.11. The third-order valence-corrected chi connectivity index (χ3v) is 5.88. The topological polar surface area (TPSA) is 37.4 Å². The molecule has 0 bridgehead atoms. The van der Waals surface area contributed by atoms with Gasteiger partial charge in [-0.3, -0.25) is 4.31 Å². The van der Waals surface area contributed by atoms with E-state index in [-0.39, 0.29) is 11.4 Å². The first-order valence-electron chi connectivity index (χ1n) is 7.35. The lowest BCUT2D eigenvalue weighted by Gasteiger charge is -2.23. The molecule has 0 fully saturated rings. The second kappa shape index (κ2) is 7.32. The number of sulfonamides is 1. The van der Waals surface area contributed by atoms with Crippen molar-refractivity contribution in [1.82, 2.24) is 0 Å². The largest absolute Gasteiger partial charge is 0.264 e. The number of rotatable bonds is 6. The molecule has 2 aromatic rings. The van der Waals surface area contributed by atoms with E-state index in [4.69, 9.17) is 0 Å². The Morgan fingerprint density at radius 2 is 1.65 bits per heavy atom. The number of halogens is 1. The molecule has 0 radical (unpaired) electrons. The van der Waals surface area contributed by atoms with E-state index < -0.39 is 10.0 Å². The molecule has 0 saturated carbocycles. The fourth-order valence-electron chi connectivity index (χ4n) is 2.22. The molecular formula is C18H20BrNO2S. The van der Waals surface area contributed by atoms with Crippen molar-refractivity contribution < 1.29 is 8.42 Å². The van der Waals surface area contributed by atoms with Crippen LogP contribution in [0.25, 0.3) is 0 Å². The van der Waals surface area contributed by atoms with Crippen molar-refractivity contribution in [3.05, 3.63) is 71.2 Å². The van der Waals surface area contributed by atoms with E-state index in [0.717, 1.165) is 4.47 Å². The second-order valence-corrected chi connectivity index (χ2v) is 8.30. The Kier molecular flexibility index (Phi) is 5.65. The quantitative estimate of drug-likeness (QED) is 0.650. The Morgan fingerprint density at radius 1 is 1.09 bits per heavy atom. The average Bonchev–Trinajstić information content (AvgIpc) is 2.53. The molecule has 0 saturated heterocycles. The molecule has 0 heterocycles. The van der Waals surface area contributed by atoms with Crippen molar-refractivity contribution in [3.63, 3.8) is 0 Å². The van der Waals surface area contributed by atoms with Gasteiger partial charge in [0, 0.05) is 4.47 Å². The van der Waals surface area contributed by atoms with Crippen LogP contribution in [0.5, 0.6) is 0 Å². The van der Waals surface area contributed by atoms with Gasteiger partial charge in [-0.2, -0.15) is 0 Å². The summed E-state index contributed by atoms with van der Waals surface area (Å²) in [5, 5.41) is 0. The summed E-state index contributed by atoms with van der Waals surface area (Å²) >= 11 is 3.32. The molecule has 0 amide bonds. The van der Waals surface area contributed by atoms with Gasteiger partial charge in [0.15, 0.2) is 0 Å². The maximum Gasteiger partial charge on any atom is 0.264 e. The Hall–Kier alpha value is -1.59. The predicted octanol–water partition coefficient (Wildman–Crippen LogP) is 4.95. The van der Waals surface area contributed by atoms with Crippen molar-refractivity contribution in [2.24, 2.45) is 0 Å². The van der Waals surface area contributed by atoms with Gasteiger partial charge in [-0.15, -0.1) is 6.58 Å². The monoisotopic (exact) mass is 393 g/mol. The summed E-state index contributed by atoms with van der Waals surface area (Å²) in [7, 11) is -3.62. The van der Waals surface area contributed by atoms with Gasteiger partial charge in [-0.1, -0.05) is 48.0 Å². The Bertz CT molecular complexity index is 766. The summed E-state index contributed by atoms with van der Waals surface area (Å²) < 4.78 is 28.0. The average molecular weight is 394 g/mol. The highest BCUT2D eigenvalue weighted by Crippen LogP contribution is 2.26. The highest BCUT2D eigenvalue weighted by Gasteiger charge is 2.23. The molecule has 0 spiro atoms. The van der Waals surface area contributed by atoms with Gasteiger partial charge in [0.05, 0.1) is 17.1 Å². The number of benzene rings is 2. The van der Waals surface area contributed by atoms with Gasteiger partial charge in [-0.25, -0.2) is 8.42 Å². The van der Waals surface area contributed by atoms with Crippen LogP contribution in [0.2, 0.25) is 0 Å². The van der Waals surface area contributed by atoms with E-state index in [2.05, 4.69) is 36.4 Å². The highest BCUT2D eigenvalue weighted by atomic mass is 79.9. The molecule has 5 heteroatoms. The first kappa shape index (κ1) is 17.8. The minimum Gasteiger partial charge on any atom is -0.263 e. The zero-order valence-corrected chi connectivity index (χ0v) is 15.6. The van der Waals surface area contributed by atoms with Crippen molar-refractivity contribution in [2.45, 2.75) is 24.7 Å². The van der Waals surface area contributed by atoms with E-state index in [1.54, 1.807) is 30.3 Å². The van der Waals surface area contributed by atoms with Gasteiger partial charge in [-0.05, 0) is 47.9 Å². The molecule has 0 atom stereocenters. The minimum absolute atomic E-state index is 0.222. The van der Waals surface area contributed by atoms with Crippen LogP contribution in [0.3, 0.4) is 0 Å². The van der Waals surface area contributed by atoms with Gasteiger partial charge < -0.3 is 0 Å². The smallest absolute Gasteiger partial charge is 0.263 e. The first-order valence-corrected chi connectivity index (χ1v) is 9.58. The minimum atomic E-state index is -3.62. The molecule has 0 aliphatic carbocycles. The lowest BCUT2D eigenvalue weighted by atomic mass is 10.0. The standard InChI is InChI=1S/C18H20BrNO2S/c1-4-13-20(17-9-5-15(6-10-17)14(2)3)23(21,22)18-11-7-16(19)8-12-18/h4-12,14H,1,13H2,2-3H3. The van der Waals surface area contributed by atoms with Crippen LogP contribution >= 0.6 is 15.9 Å². The SMILES string of the molecule is C=CCN(c1ccc(C(C)C)cc1)S(=O)(=O)c1ccc(Br)cc1. The molecule has 0 aliphatic heterocycles. The molecule has 2 aromatic carbocycles. The maximum atomic E-state index is 12.9. The first-order chi connectivity index (χ1) is 10.9. The molecule has 122 valence electrons.